The largest absolute Gasteiger partial charge is 0.373 e. The average Bonchev–Trinajstić information content (AvgIpc) is 2.61. The van der Waals surface area contributed by atoms with Gasteiger partial charge in [-0.1, -0.05) is 30.3 Å². The Hall–Kier alpha value is -0.380. The van der Waals surface area contributed by atoms with Crippen LogP contribution in [-0.4, -0.2) is 30.1 Å². The first-order valence-corrected chi connectivity index (χ1v) is 6.70. The van der Waals surface area contributed by atoms with Crippen LogP contribution in [0.2, 0.25) is 0 Å². The first-order valence-electron chi connectivity index (χ1n) is 6.70. The molecular weight excluding hydrogens is 290 g/mol. The van der Waals surface area contributed by atoms with Crippen molar-refractivity contribution < 1.29 is 4.74 Å². The van der Waals surface area contributed by atoms with E-state index in [1.54, 1.807) is 0 Å². The molecular formula is C15H22BrNO. The van der Waals surface area contributed by atoms with E-state index < -0.39 is 0 Å². The lowest BCUT2D eigenvalue weighted by Crippen LogP contribution is -2.42. The number of halogens is 1. The van der Waals surface area contributed by atoms with Gasteiger partial charge in [0.25, 0.3) is 0 Å². The molecule has 0 saturated carbocycles. The fraction of sp³-hybridized carbons (Fsp3) is 0.600. The Morgan fingerprint density at radius 1 is 1.11 bits per heavy atom. The van der Waals surface area contributed by atoms with Crippen molar-refractivity contribution in [3.63, 3.8) is 0 Å². The Morgan fingerprint density at radius 2 is 1.72 bits per heavy atom. The molecule has 0 amide bonds. The Bertz CT molecular complexity index is 356. The molecule has 0 N–H and O–H groups in total. The highest BCUT2D eigenvalue weighted by Crippen LogP contribution is 2.35. The molecule has 2 saturated heterocycles. The number of hydrogen-bond donors (Lipinski definition) is 0. The van der Waals surface area contributed by atoms with Gasteiger partial charge >= 0.3 is 0 Å². The van der Waals surface area contributed by atoms with Crippen LogP contribution in [0, 0.1) is 0 Å². The SMILES string of the molecule is Br.CN1[C@@H]2CC[C@H]1C[C@@H](OCc1ccccc1)C2. The average molecular weight is 312 g/mol. The highest BCUT2D eigenvalue weighted by Gasteiger charge is 2.38. The molecule has 2 aliphatic rings. The molecule has 2 heterocycles. The van der Waals surface area contributed by atoms with E-state index in [4.69, 9.17) is 4.74 Å². The zero-order chi connectivity index (χ0) is 11.7. The summed E-state index contributed by atoms with van der Waals surface area (Å²) >= 11 is 0. The highest BCUT2D eigenvalue weighted by molar-refractivity contribution is 8.93. The van der Waals surface area contributed by atoms with Crippen molar-refractivity contribution in [3.05, 3.63) is 35.9 Å². The van der Waals surface area contributed by atoms with Gasteiger partial charge in [0.1, 0.15) is 0 Å². The monoisotopic (exact) mass is 311 g/mol. The normalized spacial score (nSPS) is 31.1. The zero-order valence-electron chi connectivity index (χ0n) is 10.9. The van der Waals surface area contributed by atoms with Gasteiger partial charge in [-0.2, -0.15) is 0 Å². The number of benzene rings is 1. The lowest BCUT2D eigenvalue weighted by atomic mass is 10.0. The summed E-state index contributed by atoms with van der Waals surface area (Å²) in [4.78, 5) is 2.56. The van der Waals surface area contributed by atoms with Gasteiger partial charge in [0, 0.05) is 12.1 Å². The van der Waals surface area contributed by atoms with Crippen molar-refractivity contribution in [2.45, 2.75) is 50.5 Å². The van der Waals surface area contributed by atoms with Crippen LogP contribution < -0.4 is 0 Å². The summed E-state index contributed by atoms with van der Waals surface area (Å²) in [5.41, 5.74) is 1.29. The van der Waals surface area contributed by atoms with Gasteiger partial charge in [-0.3, -0.25) is 0 Å². The van der Waals surface area contributed by atoms with Crippen LogP contribution in [0.25, 0.3) is 0 Å². The van der Waals surface area contributed by atoms with E-state index in [9.17, 15) is 0 Å². The van der Waals surface area contributed by atoms with Crippen LogP contribution in [0.1, 0.15) is 31.2 Å². The summed E-state index contributed by atoms with van der Waals surface area (Å²) in [5, 5.41) is 0. The molecule has 1 aromatic rings. The van der Waals surface area contributed by atoms with Crippen LogP contribution >= 0.6 is 17.0 Å². The minimum atomic E-state index is 0. The van der Waals surface area contributed by atoms with E-state index >= 15 is 0 Å². The molecule has 1 aromatic carbocycles. The summed E-state index contributed by atoms with van der Waals surface area (Å²) in [6.07, 6.45) is 5.65. The lowest BCUT2D eigenvalue weighted by Gasteiger charge is -2.36. The number of ether oxygens (including phenoxy) is 1. The first kappa shape index (κ1) is 14.0. The fourth-order valence-corrected chi connectivity index (χ4v) is 3.29. The van der Waals surface area contributed by atoms with E-state index in [-0.39, 0.29) is 17.0 Å². The van der Waals surface area contributed by atoms with E-state index in [0.717, 1.165) is 18.7 Å². The van der Waals surface area contributed by atoms with Crippen molar-refractivity contribution in [2.24, 2.45) is 0 Å². The predicted molar refractivity (Wildman–Crippen MR) is 79.1 cm³/mol. The summed E-state index contributed by atoms with van der Waals surface area (Å²) in [7, 11) is 2.27. The topological polar surface area (TPSA) is 12.5 Å². The maximum Gasteiger partial charge on any atom is 0.0720 e. The third-order valence-corrected chi connectivity index (χ3v) is 4.38. The molecule has 2 aliphatic heterocycles. The van der Waals surface area contributed by atoms with E-state index in [0.29, 0.717) is 6.10 Å². The Kier molecular flexibility index (Phi) is 4.82. The number of nitrogens with zero attached hydrogens (tertiary/aromatic N) is 1. The van der Waals surface area contributed by atoms with Crippen LogP contribution in [0.5, 0.6) is 0 Å². The van der Waals surface area contributed by atoms with Gasteiger partial charge < -0.3 is 9.64 Å². The smallest absolute Gasteiger partial charge is 0.0720 e. The van der Waals surface area contributed by atoms with E-state index in [1.165, 1.54) is 31.2 Å². The standard InChI is InChI=1S/C15H21NO.BrH/c1-16-13-7-8-14(16)10-15(9-13)17-11-12-5-3-2-4-6-12;/h2-6,13-15H,7-11H2,1H3;1H/t13-,14+,15+;. The second-order valence-corrected chi connectivity index (χ2v) is 5.44. The van der Waals surface area contributed by atoms with Crippen molar-refractivity contribution in [1.29, 1.82) is 0 Å². The summed E-state index contributed by atoms with van der Waals surface area (Å²) in [5.74, 6) is 0. The van der Waals surface area contributed by atoms with Crippen molar-refractivity contribution in [3.8, 4) is 0 Å². The van der Waals surface area contributed by atoms with Crippen LogP contribution in [0.3, 0.4) is 0 Å². The van der Waals surface area contributed by atoms with Crippen LogP contribution in [0.4, 0.5) is 0 Å². The summed E-state index contributed by atoms with van der Waals surface area (Å²) in [6, 6.07) is 12.0. The molecule has 0 aromatic heterocycles. The number of rotatable bonds is 3. The lowest BCUT2D eigenvalue weighted by molar-refractivity contribution is -0.0211. The third-order valence-electron chi connectivity index (χ3n) is 4.38. The first-order chi connectivity index (χ1) is 8.33. The van der Waals surface area contributed by atoms with Gasteiger partial charge in [0.2, 0.25) is 0 Å². The van der Waals surface area contributed by atoms with Crippen molar-refractivity contribution >= 4 is 17.0 Å². The molecule has 2 nitrogen and oxygen atoms in total. The van der Waals surface area contributed by atoms with E-state index in [1.807, 2.05) is 0 Å². The van der Waals surface area contributed by atoms with E-state index in [2.05, 4.69) is 42.3 Å². The summed E-state index contributed by atoms with van der Waals surface area (Å²) < 4.78 is 6.07. The number of hydrogen-bond acceptors (Lipinski definition) is 2. The maximum absolute atomic E-state index is 6.07. The highest BCUT2D eigenvalue weighted by atomic mass is 79.9. The molecule has 2 fully saturated rings. The predicted octanol–water partition coefficient (Wildman–Crippen LogP) is 3.41. The minimum absolute atomic E-state index is 0. The molecule has 3 heteroatoms. The second-order valence-electron chi connectivity index (χ2n) is 5.44. The Labute approximate surface area is 120 Å². The van der Waals surface area contributed by atoms with Gasteiger partial charge in [-0.15, -0.1) is 17.0 Å². The van der Waals surface area contributed by atoms with Crippen LogP contribution in [0.15, 0.2) is 30.3 Å². The molecule has 3 atom stereocenters. The van der Waals surface area contributed by atoms with Gasteiger partial charge in [-0.05, 0) is 38.3 Å². The van der Waals surface area contributed by atoms with Crippen molar-refractivity contribution in [2.75, 3.05) is 7.05 Å². The Balaban J connectivity index is 0.00000120. The molecule has 0 spiro atoms. The fourth-order valence-electron chi connectivity index (χ4n) is 3.29. The minimum Gasteiger partial charge on any atom is -0.373 e. The van der Waals surface area contributed by atoms with Gasteiger partial charge in [-0.25, -0.2) is 0 Å². The van der Waals surface area contributed by atoms with Gasteiger partial charge in [0.15, 0.2) is 0 Å². The zero-order valence-corrected chi connectivity index (χ0v) is 12.6. The third kappa shape index (κ3) is 2.95. The molecule has 2 bridgehead atoms. The molecule has 3 rings (SSSR count). The Morgan fingerprint density at radius 3 is 2.33 bits per heavy atom. The quantitative estimate of drug-likeness (QED) is 0.848. The molecule has 0 aliphatic carbocycles. The molecule has 18 heavy (non-hydrogen) atoms. The molecule has 0 unspecified atom stereocenters. The summed E-state index contributed by atoms with van der Waals surface area (Å²) in [6.45, 7) is 0.772. The number of piperidine rings is 1. The van der Waals surface area contributed by atoms with Gasteiger partial charge in [0.05, 0.1) is 12.7 Å². The molecule has 100 valence electrons. The van der Waals surface area contributed by atoms with Crippen LogP contribution in [-0.2, 0) is 11.3 Å². The molecule has 0 radical (unpaired) electrons. The maximum atomic E-state index is 6.07. The van der Waals surface area contributed by atoms with Crippen molar-refractivity contribution in [1.82, 2.24) is 4.90 Å². The number of fused-ring (bicyclic) bond motifs is 2. The second kappa shape index (κ2) is 6.18.